The van der Waals surface area contributed by atoms with Gasteiger partial charge < -0.3 is 14.5 Å². The number of hydrogen-bond acceptors (Lipinski definition) is 4. The monoisotopic (exact) mass is 345 g/mol. The predicted octanol–water partition coefficient (Wildman–Crippen LogP) is 2.08. The number of likely N-dealkylation sites (tertiary alicyclic amines) is 1. The molecule has 138 valence electrons. The smallest absolute Gasteiger partial charge is 0.223 e. The fourth-order valence-electron chi connectivity index (χ4n) is 3.87. The van der Waals surface area contributed by atoms with Crippen molar-refractivity contribution in [3.63, 3.8) is 0 Å². The van der Waals surface area contributed by atoms with Crippen LogP contribution in [0.4, 0.5) is 5.69 Å². The summed E-state index contributed by atoms with van der Waals surface area (Å²) >= 11 is 0. The zero-order valence-corrected chi connectivity index (χ0v) is 15.4. The summed E-state index contributed by atoms with van der Waals surface area (Å²) in [7, 11) is 1.76. The predicted molar refractivity (Wildman–Crippen MR) is 101 cm³/mol. The Labute approximate surface area is 151 Å². The van der Waals surface area contributed by atoms with Gasteiger partial charge in [0.25, 0.3) is 0 Å². The van der Waals surface area contributed by atoms with Crippen LogP contribution in [0, 0.1) is 5.92 Å². The van der Waals surface area contributed by atoms with Gasteiger partial charge in [-0.1, -0.05) is 18.2 Å². The Morgan fingerprint density at radius 2 is 1.72 bits per heavy atom. The van der Waals surface area contributed by atoms with Gasteiger partial charge in [-0.05, 0) is 30.9 Å². The average Bonchev–Trinajstić information content (AvgIpc) is 2.68. The minimum atomic E-state index is 0.321. The maximum absolute atomic E-state index is 12.4. The molecule has 0 saturated carbocycles. The minimum Gasteiger partial charge on any atom is -0.384 e. The average molecular weight is 345 g/mol. The number of hydrogen-bond donors (Lipinski definition) is 0. The maximum Gasteiger partial charge on any atom is 0.223 e. The van der Waals surface area contributed by atoms with E-state index in [9.17, 15) is 4.79 Å². The van der Waals surface area contributed by atoms with Gasteiger partial charge in [0.1, 0.15) is 0 Å². The summed E-state index contributed by atoms with van der Waals surface area (Å²) in [6.45, 7) is 7.67. The summed E-state index contributed by atoms with van der Waals surface area (Å²) in [5.74, 6) is 0.946. The Bertz CT molecular complexity index is 521. The molecule has 1 amide bonds. The van der Waals surface area contributed by atoms with Crippen molar-refractivity contribution in [1.29, 1.82) is 0 Å². The number of piperazine rings is 1. The van der Waals surface area contributed by atoms with E-state index in [1.54, 1.807) is 7.11 Å². The Morgan fingerprint density at radius 3 is 2.36 bits per heavy atom. The standard InChI is InChI=1S/C20H31N3O2/c1-25-17-18-7-11-23(12-8-18)20(24)9-10-21-13-15-22(16-14-21)19-5-3-2-4-6-19/h2-6,18H,7-17H2,1H3. The van der Waals surface area contributed by atoms with Crippen molar-refractivity contribution in [2.24, 2.45) is 5.92 Å². The molecular weight excluding hydrogens is 314 g/mol. The zero-order valence-electron chi connectivity index (χ0n) is 15.4. The van der Waals surface area contributed by atoms with E-state index < -0.39 is 0 Å². The van der Waals surface area contributed by atoms with E-state index in [-0.39, 0.29) is 0 Å². The fourth-order valence-corrected chi connectivity index (χ4v) is 3.87. The van der Waals surface area contributed by atoms with Crippen LogP contribution in [0.1, 0.15) is 19.3 Å². The molecule has 1 aromatic rings. The van der Waals surface area contributed by atoms with Gasteiger partial charge in [0.2, 0.25) is 5.91 Å². The third-order valence-corrected chi connectivity index (χ3v) is 5.51. The molecule has 0 aliphatic carbocycles. The van der Waals surface area contributed by atoms with Crippen LogP contribution in [0.3, 0.4) is 0 Å². The molecule has 0 N–H and O–H groups in total. The van der Waals surface area contributed by atoms with Crippen LogP contribution >= 0.6 is 0 Å². The lowest BCUT2D eigenvalue weighted by molar-refractivity contribution is -0.133. The van der Waals surface area contributed by atoms with E-state index in [1.807, 2.05) is 4.90 Å². The van der Waals surface area contributed by atoms with Crippen molar-refractivity contribution < 1.29 is 9.53 Å². The second-order valence-corrected chi connectivity index (χ2v) is 7.19. The SMILES string of the molecule is COCC1CCN(C(=O)CCN2CCN(c3ccccc3)CC2)CC1. The van der Waals surface area contributed by atoms with E-state index >= 15 is 0 Å². The van der Waals surface area contributed by atoms with Crippen molar-refractivity contribution in [2.45, 2.75) is 19.3 Å². The minimum absolute atomic E-state index is 0.321. The van der Waals surface area contributed by atoms with Crippen molar-refractivity contribution in [3.8, 4) is 0 Å². The Morgan fingerprint density at radius 1 is 1.04 bits per heavy atom. The quantitative estimate of drug-likeness (QED) is 0.791. The molecule has 5 heteroatoms. The van der Waals surface area contributed by atoms with Crippen LogP contribution < -0.4 is 4.90 Å². The summed E-state index contributed by atoms with van der Waals surface area (Å²) < 4.78 is 5.23. The van der Waals surface area contributed by atoms with Gasteiger partial charge in [-0.15, -0.1) is 0 Å². The molecule has 3 rings (SSSR count). The third-order valence-electron chi connectivity index (χ3n) is 5.51. The van der Waals surface area contributed by atoms with Gasteiger partial charge in [0.05, 0.1) is 0 Å². The largest absolute Gasteiger partial charge is 0.384 e. The summed E-state index contributed by atoms with van der Waals surface area (Å²) in [4.78, 5) is 19.4. The second kappa shape index (κ2) is 9.20. The van der Waals surface area contributed by atoms with E-state index in [0.29, 0.717) is 18.2 Å². The number of methoxy groups -OCH3 is 1. The first-order valence-electron chi connectivity index (χ1n) is 9.55. The molecule has 0 unspecified atom stereocenters. The number of ether oxygens (including phenoxy) is 1. The normalized spacial score (nSPS) is 20.0. The Kier molecular flexibility index (Phi) is 6.70. The molecule has 0 radical (unpaired) electrons. The summed E-state index contributed by atoms with van der Waals surface area (Å²) in [6.07, 6.45) is 2.81. The number of carbonyl (C=O) groups excluding carboxylic acids is 1. The maximum atomic E-state index is 12.4. The molecule has 1 aromatic carbocycles. The molecule has 2 fully saturated rings. The molecule has 0 bridgehead atoms. The molecule has 0 aromatic heterocycles. The highest BCUT2D eigenvalue weighted by Crippen LogP contribution is 2.19. The molecule has 0 atom stereocenters. The first-order valence-corrected chi connectivity index (χ1v) is 9.55. The number of nitrogens with zero attached hydrogens (tertiary/aromatic N) is 3. The summed E-state index contributed by atoms with van der Waals surface area (Å²) in [5, 5.41) is 0. The first kappa shape index (κ1) is 18.2. The number of piperidine rings is 1. The van der Waals surface area contributed by atoms with E-state index in [1.165, 1.54) is 5.69 Å². The number of para-hydroxylation sites is 1. The van der Waals surface area contributed by atoms with Crippen molar-refractivity contribution >= 4 is 11.6 Å². The van der Waals surface area contributed by atoms with E-state index in [0.717, 1.165) is 65.3 Å². The highest BCUT2D eigenvalue weighted by atomic mass is 16.5. The first-order chi connectivity index (χ1) is 12.3. The van der Waals surface area contributed by atoms with E-state index in [2.05, 4.69) is 40.1 Å². The number of benzene rings is 1. The van der Waals surface area contributed by atoms with Gasteiger partial charge in [-0.3, -0.25) is 9.69 Å². The van der Waals surface area contributed by atoms with Gasteiger partial charge in [0.15, 0.2) is 0 Å². The molecule has 2 saturated heterocycles. The van der Waals surface area contributed by atoms with Crippen molar-refractivity contribution in [1.82, 2.24) is 9.80 Å². The molecular formula is C20H31N3O2. The third kappa shape index (κ3) is 5.19. The van der Waals surface area contributed by atoms with Crippen LogP contribution in [0.15, 0.2) is 30.3 Å². The van der Waals surface area contributed by atoms with E-state index in [4.69, 9.17) is 4.74 Å². The topological polar surface area (TPSA) is 36.0 Å². The molecule has 2 aliphatic heterocycles. The summed E-state index contributed by atoms with van der Waals surface area (Å²) in [5.41, 5.74) is 1.30. The lowest BCUT2D eigenvalue weighted by Crippen LogP contribution is -2.47. The van der Waals surface area contributed by atoms with Crippen LogP contribution in [-0.2, 0) is 9.53 Å². The van der Waals surface area contributed by atoms with Gasteiger partial charge in [-0.2, -0.15) is 0 Å². The number of anilines is 1. The second-order valence-electron chi connectivity index (χ2n) is 7.19. The Hall–Kier alpha value is -1.59. The Balaban J connectivity index is 1.35. The van der Waals surface area contributed by atoms with Gasteiger partial charge in [-0.25, -0.2) is 0 Å². The van der Waals surface area contributed by atoms with Crippen LogP contribution in [0.25, 0.3) is 0 Å². The highest BCUT2D eigenvalue weighted by molar-refractivity contribution is 5.76. The lowest BCUT2D eigenvalue weighted by Gasteiger charge is -2.36. The van der Waals surface area contributed by atoms with Crippen molar-refractivity contribution in [2.75, 3.05) is 64.4 Å². The molecule has 2 aliphatic rings. The molecule has 25 heavy (non-hydrogen) atoms. The van der Waals surface area contributed by atoms with Crippen molar-refractivity contribution in [3.05, 3.63) is 30.3 Å². The number of carbonyl (C=O) groups is 1. The lowest BCUT2D eigenvalue weighted by atomic mass is 9.97. The molecule has 5 nitrogen and oxygen atoms in total. The van der Waals surface area contributed by atoms with Crippen LogP contribution in [0.5, 0.6) is 0 Å². The van der Waals surface area contributed by atoms with Crippen LogP contribution in [-0.4, -0.2) is 75.2 Å². The number of amides is 1. The summed E-state index contributed by atoms with van der Waals surface area (Å²) in [6, 6.07) is 10.6. The molecule has 2 heterocycles. The molecule has 0 spiro atoms. The number of rotatable bonds is 6. The zero-order chi connectivity index (χ0) is 17.5. The highest BCUT2D eigenvalue weighted by Gasteiger charge is 2.23. The van der Waals surface area contributed by atoms with Gasteiger partial charge in [0, 0.05) is 71.6 Å². The fraction of sp³-hybridized carbons (Fsp3) is 0.650. The van der Waals surface area contributed by atoms with Crippen LogP contribution in [0.2, 0.25) is 0 Å². The van der Waals surface area contributed by atoms with Gasteiger partial charge >= 0.3 is 0 Å².